The van der Waals surface area contributed by atoms with Crippen LogP contribution in [0.25, 0.3) is 11.0 Å². The summed E-state index contributed by atoms with van der Waals surface area (Å²) in [5.41, 5.74) is 3.05. The number of hydrogen-bond donors (Lipinski definition) is 1. The molecule has 5 heteroatoms. The van der Waals surface area contributed by atoms with Crippen molar-refractivity contribution in [3.8, 4) is 5.75 Å². The van der Waals surface area contributed by atoms with E-state index in [1.54, 1.807) is 0 Å². The topological polar surface area (TPSA) is 29.9 Å². The fourth-order valence-corrected chi connectivity index (χ4v) is 2.92. The van der Waals surface area contributed by atoms with Gasteiger partial charge in [0.05, 0.1) is 22.6 Å². The quantitative estimate of drug-likeness (QED) is 0.704. The number of nitrogens with zero attached hydrogens (tertiary/aromatic N) is 1. The molecule has 0 bridgehead atoms. The molecule has 21 heavy (non-hydrogen) atoms. The number of fused-ring (bicyclic) bond motifs is 1. The number of rotatable bonds is 4. The molecule has 0 saturated carbocycles. The molecule has 3 nitrogen and oxygen atoms in total. The maximum atomic E-state index is 6.26. The lowest BCUT2D eigenvalue weighted by Crippen LogP contribution is -2.08. The molecule has 3 aromatic rings. The number of aryl methyl sites for hydroxylation is 1. The van der Waals surface area contributed by atoms with E-state index in [2.05, 4.69) is 4.98 Å². The fraction of sp³-hybridized carbons (Fsp3) is 0.188. The second kappa shape index (κ2) is 5.92. The molecule has 0 radical (unpaired) electrons. The van der Waals surface area contributed by atoms with E-state index in [-0.39, 0.29) is 0 Å². The number of benzene rings is 2. The van der Waals surface area contributed by atoms with E-state index in [0.717, 1.165) is 16.8 Å². The van der Waals surface area contributed by atoms with Gasteiger partial charge in [-0.2, -0.15) is 0 Å². The van der Waals surface area contributed by atoms with Crippen molar-refractivity contribution < 1.29 is 4.74 Å². The molecular weight excluding hydrogens is 304 g/mol. The van der Waals surface area contributed by atoms with E-state index in [1.165, 1.54) is 5.56 Å². The molecule has 3 rings (SSSR count). The number of ether oxygens (including phenoxy) is 1. The molecule has 108 valence electrons. The van der Waals surface area contributed by atoms with E-state index >= 15 is 0 Å². The smallest absolute Gasteiger partial charge is 0.178 e. The Morgan fingerprint density at radius 2 is 2.05 bits per heavy atom. The number of imidazole rings is 1. The minimum Gasteiger partial charge on any atom is -0.492 e. The summed E-state index contributed by atoms with van der Waals surface area (Å²) in [7, 11) is 0. The molecular formula is C16H15ClN2OS. The molecule has 0 spiro atoms. The van der Waals surface area contributed by atoms with E-state index in [0.29, 0.717) is 22.9 Å². The SMILES string of the molecule is Cc1cccc(OCCn2c(=S)[nH]c3cccc(Cl)c32)c1. The highest BCUT2D eigenvalue weighted by molar-refractivity contribution is 7.71. The lowest BCUT2D eigenvalue weighted by molar-refractivity contribution is 0.299. The van der Waals surface area contributed by atoms with E-state index < -0.39 is 0 Å². The van der Waals surface area contributed by atoms with Gasteiger partial charge in [-0.25, -0.2) is 0 Å². The van der Waals surface area contributed by atoms with Crippen LogP contribution in [0.5, 0.6) is 5.75 Å². The number of halogens is 1. The third-order valence-corrected chi connectivity index (χ3v) is 3.94. The molecule has 1 N–H and O–H groups in total. The Kier molecular flexibility index (Phi) is 3.99. The summed E-state index contributed by atoms with van der Waals surface area (Å²) in [6, 6.07) is 13.7. The predicted molar refractivity (Wildman–Crippen MR) is 88.8 cm³/mol. The van der Waals surface area contributed by atoms with Crippen LogP contribution in [0.4, 0.5) is 0 Å². The second-order valence-corrected chi connectivity index (χ2v) is 5.68. The van der Waals surface area contributed by atoms with Gasteiger partial charge in [-0.15, -0.1) is 0 Å². The van der Waals surface area contributed by atoms with Crippen LogP contribution < -0.4 is 4.74 Å². The summed E-state index contributed by atoms with van der Waals surface area (Å²) in [4.78, 5) is 3.16. The Bertz CT molecular complexity index is 838. The average molecular weight is 319 g/mol. The van der Waals surface area contributed by atoms with Crippen LogP contribution in [0, 0.1) is 11.7 Å². The summed E-state index contributed by atoms with van der Waals surface area (Å²) < 4.78 is 8.41. The number of aromatic nitrogens is 2. The van der Waals surface area contributed by atoms with E-state index in [4.69, 9.17) is 28.6 Å². The summed E-state index contributed by atoms with van der Waals surface area (Å²) in [5, 5.41) is 0.690. The maximum Gasteiger partial charge on any atom is 0.178 e. The van der Waals surface area contributed by atoms with Gasteiger partial charge in [-0.1, -0.05) is 29.8 Å². The molecule has 1 heterocycles. The van der Waals surface area contributed by atoms with Gasteiger partial charge in [0.25, 0.3) is 0 Å². The van der Waals surface area contributed by atoms with Gasteiger partial charge in [-0.05, 0) is 49.0 Å². The van der Waals surface area contributed by atoms with Crippen molar-refractivity contribution in [1.82, 2.24) is 9.55 Å². The minimum absolute atomic E-state index is 0.538. The predicted octanol–water partition coefficient (Wildman–Crippen LogP) is 4.74. The number of para-hydroxylation sites is 1. The Labute approximate surface area is 133 Å². The zero-order chi connectivity index (χ0) is 14.8. The molecule has 0 aliphatic rings. The molecule has 2 aromatic carbocycles. The van der Waals surface area contributed by atoms with Crippen LogP contribution in [-0.2, 0) is 6.54 Å². The van der Waals surface area contributed by atoms with Crippen LogP contribution in [0.2, 0.25) is 5.02 Å². The molecule has 0 atom stereocenters. The first-order valence-corrected chi connectivity index (χ1v) is 7.50. The highest BCUT2D eigenvalue weighted by atomic mass is 35.5. The number of aromatic amines is 1. The third-order valence-electron chi connectivity index (χ3n) is 3.32. The summed E-state index contributed by atoms with van der Waals surface area (Å²) in [6.07, 6.45) is 0. The van der Waals surface area contributed by atoms with Crippen molar-refractivity contribution in [2.24, 2.45) is 0 Å². The standard InChI is InChI=1S/C16H15ClN2OS/c1-11-4-2-5-12(10-11)20-9-8-19-15-13(17)6-3-7-14(15)18-16(19)21/h2-7,10H,8-9H2,1H3,(H,18,21). The van der Waals surface area contributed by atoms with E-state index in [9.17, 15) is 0 Å². The number of H-pyrrole nitrogens is 1. The van der Waals surface area contributed by atoms with Crippen molar-refractivity contribution in [2.45, 2.75) is 13.5 Å². The molecule has 0 aliphatic heterocycles. The van der Waals surface area contributed by atoms with Gasteiger partial charge in [-0.3, -0.25) is 0 Å². The van der Waals surface area contributed by atoms with Crippen molar-refractivity contribution in [3.63, 3.8) is 0 Å². The highest BCUT2D eigenvalue weighted by Gasteiger charge is 2.07. The van der Waals surface area contributed by atoms with Gasteiger partial charge < -0.3 is 14.3 Å². The van der Waals surface area contributed by atoms with Crippen LogP contribution in [0.3, 0.4) is 0 Å². The molecule has 0 amide bonds. The number of hydrogen-bond acceptors (Lipinski definition) is 2. The maximum absolute atomic E-state index is 6.26. The van der Waals surface area contributed by atoms with Crippen LogP contribution in [0.1, 0.15) is 5.56 Å². The first kappa shape index (κ1) is 14.2. The number of nitrogens with one attached hydrogen (secondary N) is 1. The highest BCUT2D eigenvalue weighted by Crippen LogP contribution is 2.23. The first-order chi connectivity index (χ1) is 10.1. The Morgan fingerprint density at radius 3 is 2.86 bits per heavy atom. The Morgan fingerprint density at radius 1 is 1.24 bits per heavy atom. The molecule has 0 aliphatic carbocycles. The molecule has 1 aromatic heterocycles. The zero-order valence-corrected chi connectivity index (χ0v) is 13.2. The molecule has 0 unspecified atom stereocenters. The van der Waals surface area contributed by atoms with Gasteiger partial charge in [0, 0.05) is 0 Å². The average Bonchev–Trinajstić information content (AvgIpc) is 2.76. The van der Waals surface area contributed by atoms with Gasteiger partial charge in [0.1, 0.15) is 12.4 Å². The van der Waals surface area contributed by atoms with Crippen LogP contribution >= 0.6 is 23.8 Å². The lowest BCUT2D eigenvalue weighted by atomic mass is 10.2. The first-order valence-electron chi connectivity index (χ1n) is 6.71. The van der Waals surface area contributed by atoms with E-state index in [1.807, 2.05) is 54.0 Å². The van der Waals surface area contributed by atoms with Crippen molar-refractivity contribution >= 4 is 34.9 Å². The Balaban J connectivity index is 1.80. The normalized spacial score (nSPS) is 11.0. The second-order valence-electron chi connectivity index (χ2n) is 4.88. The molecule has 0 fully saturated rings. The van der Waals surface area contributed by atoms with Gasteiger partial charge in [0.15, 0.2) is 4.77 Å². The van der Waals surface area contributed by atoms with Crippen molar-refractivity contribution in [2.75, 3.05) is 6.61 Å². The lowest BCUT2D eigenvalue weighted by Gasteiger charge is -2.09. The van der Waals surface area contributed by atoms with Gasteiger partial charge in [0.2, 0.25) is 0 Å². The molecule has 0 saturated heterocycles. The Hall–Kier alpha value is -1.78. The summed E-state index contributed by atoms with van der Waals surface area (Å²) in [5.74, 6) is 0.868. The minimum atomic E-state index is 0.538. The van der Waals surface area contributed by atoms with Crippen LogP contribution in [0.15, 0.2) is 42.5 Å². The monoisotopic (exact) mass is 318 g/mol. The summed E-state index contributed by atoms with van der Waals surface area (Å²) >= 11 is 11.6. The van der Waals surface area contributed by atoms with Gasteiger partial charge >= 0.3 is 0 Å². The third kappa shape index (κ3) is 2.96. The fourth-order valence-electron chi connectivity index (χ4n) is 2.35. The van der Waals surface area contributed by atoms with Crippen molar-refractivity contribution in [1.29, 1.82) is 0 Å². The largest absolute Gasteiger partial charge is 0.492 e. The van der Waals surface area contributed by atoms with Crippen LogP contribution in [-0.4, -0.2) is 16.2 Å². The van der Waals surface area contributed by atoms with Crippen molar-refractivity contribution in [3.05, 3.63) is 57.8 Å². The zero-order valence-electron chi connectivity index (χ0n) is 11.6. The summed E-state index contributed by atoms with van der Waals surface area (Å²) in [6.45, 7) is 3.23.